The van der Waals surface area contributed by atoms with Gasteiger partial charge in [-0.1, -0.05) is 24.0 Å². The summed E-state index contributed by atoms with van der Waals surface area (Å²) in [5, 5.41) is 8.15. The van der Waals surface area contributed by atoms with Crippen LogP contribution in [0.1, 0.15) is 45.1 Å². The minimum Gasteiger partial charge on any atom is -0.366 e. The fourth-order valence-electron chi connectivity index (χ4n) is 4.04. The number of halogens is 3. The van der Waals surface area contributed by atoms with E-state index in [1.165, 1.54) is 16.6 Å². The Morgan fingerprint density at radius 2 is 1.93 bits per heavy atom. The lowest BCUT2D eigenvalue weighted by molar-refractivity contribution is -0.138. The van der Waals surface area contributed by atoms with Crippen molar-refractivity contribution in [3.8, 4) is 11.8 Å². The second-order valence-electron chi connectivity index (χ2n) is 9.25. The Hall–Kier alpha value is -5.24. The Labute approximate surface area is 228 Å². The molecule has 11 heteroatoms. The highest BCUT2D eigenvalue weighted by molar-refractivity contribution is 6.04. The molecule has 1 aliphatic rings. The first-order chi connectivity index (χ1) is 19.0. The number of rotatable bonds is 4. The molecule has 2 aromatic carbocycles. The van der Waals surface area contributed by atoms with Crippen molar-refractivity contribution in [1.82, 2.24) is 25.0 Å². The van der Waals surface area contributed by atoms with Gasteiger partial charge in [0, 0.05) is 41.0 Å². The van der Waals surface area contributed by atoms with Crippen LogP contribution in [0.3, 0.4) is 0 Å². The lowest BCUT2D eigenvalue weighted by Crippen LogP contribution is -2.31. The summed E-state index contributed by atoms with van der Waals surface area (Å²) in [6.07, 6.45) is 2.26. The number of anilines is 2. The number of hydrazine groups is 1. The van der Waals surface area contributed by atoms with Gasteiger partial charge in [0.25, 0.3) is 5.91 Å². The highest BCUT2D eigenvalue weighted by atomic mass is 19.4. The second-order valence-corrected chi connectivity index (χ2v) is 9.25. The molecule has 40 heavy (non-hydrogen) atoms. The zero-order chi connectivity index (χ0) is 28.4. The van der Waals surface area contributed by atoms with Gasteiger partial charge < -0.3 is 16.5 Å². The van der Waals surface area contributed by atoms with Crippen molar-refractivity contribution in [2.75, 3.05) is 11.1 Å². The summed E-state index contributed by atoms with van der Waals surface area (Å²) in [4.78, 5) is 17.1. The minimum atomic E-state index is -4.60. The van der Waals surface area contributed by atoms with Crippen LogP contribution in [-0.4, -0.2) is 25.5 Å². The molecule has 0 atom stereocenters. The molecule has 8 nitrogen and oxygen atoms in total. The van der Waals surface area contributed by atoms with Crippen molar-refractivity contribution >= 4 is 23.2 Å². The van der Waals surface area contributed by atoms with E-state index in [1.807, 2.05) is 13.8 Å². The Morgan fingerprint density at radius 1 is 1.10 bits per heavy atom. The van der Waals surface area contributed by atoms with Gasteiger partial charge in [0.15, 0.2) is 5.65 Å². The van der Waals surface area contributed by atoms with Gasteiger partial charge in [-0.2, -0.15) is 18.2 Å². The average Bonchev–Trinajstić information content (AvgIpc) is 3.29. The van der Waals surface area contributed by atoms with Crippen LogP contribution in [0.2, 0.25) is 0 Å². The Morgan fingerprint density at radius 3 is 2.67 bits per heavy atom. The summed E-state index contributed by atoms with van der Waals surface area (Å²) in [5.41, 5.74) is 11.7. The highest BCUT2D eigenvalue weighted by Crippen LogP contribution is 2.34. The molecule has 4 aromatic rings. The number of carbonyl (C=O) groups excluding carboxylic acids is 1. The predicted molar refractivity (Wildman–Crippen MR) is 146 cm³/mol. The van der Waals surface area contributed by atoms with Crippen LogP contribution in [0.15, 0.2) is 78.8 Å². The van der Waals surface area contributed by atoms with Crippen molar-refractivity contribution in [1.29, 1.82) is 0 Å². The lowest BCUT2D eigenvalue weighted by Gasteiger charge is -2.25. The monoisotopic (exact) mass is 543 g/mol. The molecule has 0 bridgehead atoms. The van der Waals surface area contributed by atoms with Gasteiger partial charge >= 0.3 is 6.18 Å². The predicted octanol–water partition coefficient (Wildman–Crippen LogP) is 5.03. The van der Waals surface area contributed by atoms with Gasteiger partial charge in [0.05, 0.1) is 12.1 Å². The van der Waals surface area contributed by atoms with E-state index in [0.717, 1.165) is 17.2 Å². The Bertz CT molecular complexity index is 1740. The van der Waals surface area contributed by atoms with E-state index in [9.17, 15) is 18.0 Å². The first kappa shape index (κ1) is 26.4. The number of nitrogens with one attached hydrogen (secondary N) is 2. The van der Waals surface area contributed by atoms with Crippen LogP contribution in [0.4, 0.5) is 24.8 Å². The number of carbonyl (C=O) groups is 1. The van der Waals surface area contributed by atoms with E-state index in [-0.39, 0.29) is 29.3 Å². The molecule has 0 saturated heterocycles. The number of aryl methyl sites for hydroxylation is 1. The van der Waals surface area contributed by atoms with Gasteiger partial charge in [0.1, 0.15) is 0 Å². The Kier molecular flexibility index (Phi) is 6.92. The molecular formula is C29H24F3N7O. The molecule has 0 saturated carbocycles. The fraction of sp³-hybridized carbons (Fsp3) is 0.138. The van der Waals surface area contributed by atoms with Crippen LogP contribution >= 0.6 is 0 Å². The maximum absolute atomic E-state index is 13.9. The van der Waals surface area contributed by atoms with Crippen molar-refractivity contribution in [3.05, 3.63) is 112 Å². The maximum atomic E-state index is 13.9. The van der Waals surface area contributed by atoms with E-state index in [4.69, 9.17) is 5.73 Å². The number of benzene rings is 2. The number of hydrogen-bond acceptors (Lipinski definition) is 6. The summed E-state index contributed by atoms with van der Waals surface area (Å²) in [7, 11) is 0. The van der Waals surface area contributed by atoms with Crippen molar-refractivity contribution in [3.63, 3.8) is 0 Å². The van der Waals surface area contributed by atoms with Gasteiger partial charge in [-0.05, 0) is 73.0 Å². The number of nitrogens with two attached hydrogens (primary N) is 1. The van der Waals surface area contributed by atoms with Crippen LogP contribution in [0.5, 0.6) is 0 Å². The SMILES string of the molecule is CC1=CNN(Cc2ccc(NC(=O)c3ccc(C)c(C#Cc4ccn5nc(N)nc5c4)c3)cc2C(F)(F)F)C=C1. The largest absolute Gasteiger partial charge is 0.416 e. The summed E-state index contributed by atoms with van der Waals surface area (Å²) in [6, 6.07) is 12.2. The average molecular weight is 544 g/mol. The van der Waals surface area contributed by atoms with Gasteiger partial charge in [-0.25, -0.2) is 4.52 Å². The number of hydrogen-bond donors (Lipinski definition) is 3. The van der Waals surface area contributed by atoms with Crippen molar-refractivity contribution in [2.24, 2.45) is 0 Å². The van der Waals surface area contributed by atoms with Crippen LogP contribution in [0.25, 0.3) is 5.65 Å². The number of amides is 1. The lowest BCUT2D eigenvalue weighted by atomic mass is 10.0. The van der Waals surface area contributed by atoms with E-state index < -0.39 is 17.6 Å². The van der Waals surface area contributed by atoms with Gasteiger partial charge in [-0.15, -0.1) is 5.10 Å². The maximum Gasteiger partial charge on any atom is 0.416 e. The first-order valence-corrected chi connectivity index (χ1v) is 12.2. The smallest absolute Gasteiger partial charge is 0.366 e. The summed E-state index contributed by atoms with van der Waals surface area (Å²) >= 11 is 0. The van der Waals surface area contributed by atoms with Crippen LogP contribution in [0, 0.1) is 18.8 Å². The summed E-state index contributed by atoms with van der Waals surface area (Å²) in [6.45, 7) is 3.71. The van der Waals surface area contributed by atoms with E-state index in [0.29, 0.717) is 16.8 Å². The number of nitrogen functional groups attached to an aromatic ring is 1. The summed E-state index contributed by atoms with van der Waals surface area (Å²) < 4.78 is 43.2. The fourth-order valence-corrected chi connectivity index (χ4v) is 4.04. The number of allylic oxidation sites excluding steroid dienone is 2. The third-order valence-corrected chi connectivity index (χ3v) is 6.18. The normalized spacial score (nSPS) is 12.9. The van der Waals surface area contributed by atoms with Crippen molar-refractivity contribution in [2.45, 2.75) is 26.6 Å². The van der Waals surface area contributed by atoms with Crippen LogP contribution < -0.4 is 16.5 Å². The van der Waals surface area contributed by atoms with Gasteiger partial charge in [-0.3, -0.25) is 9.80 Å². The molecule has 0 aliphatic carbocycles. The number of alkyl halides is 3. The third-order valence-electron chi connectivity index (χ3n) is 6.18. The number of nitrogens with zero attached hydrogens (tertiary/aromatic N) is 4. The van der Waals surface area contributed by atoms with Crippen molar-refractivity contribution < 1.29 is 18.0 Å². The molecule has 0 spiro atoms. The molecule has 2 aromatic heterocycles. The minimum absolute atomic E-state index is 0.0131. The molecule has 202 valence electrons. The topological polar surface area (TPSA) is 101 Å². The summed E-state index contributed by atoms with van der Waals surface area (Å²) in [5.74, 6) is 5.69. The van der Waals surface area contributed by atoms with Crippen LogP contribution in [-0.2, 0) is 12.7 Å². The molecular weight excluding hydrogens is 519 g/mol. The first-order valence-electron chi connectivity index (χ1n) is 12.2. The second kappa shape index (κ2) is 10.5. The molecule has 1 amide bonds. The highest BCUT2D eigenvalue weighted by Gasteiger charge is 2.34. The molecule has 3 heterocycles. The van der Waals surface area contributed by atoms with Gasteiger partial charge in [0.2, 0.25) is 5.95 Å². The van der Waals surface area contributed by atoms with E-state index in [2.05, 4.69) is 32.7 Å². The quantitative estimate of drug-likeness (QED) is 0.312. The Balaban J connectivity index is 1.35. The molecule has 4 N–H and O–H groups in total. The number of fused-ring (bicyclic) bond motifs is 1. The molecule has 0 radical (unpaired) electrons. The molecule has 0 unspecified atom stereocenters. The molecule has 5 rings (SSSR count). The standard InChI is InChI=1S/C29H24F3N7O/c1-18-9-11-38(34-16-18)17-23-7-8-24(15-25(23)29(30,31)32)35-27(40)22-5-3-19(2)21(14-22)6-4-20-10-12-39-26(13-20)36-28(33)37-39/h3,5,7-16,34H,17H2,1-2H3,(H2,33,37)(H,35,40). The van der Waals surface area contributed by atoms with E-state index in [1.54, 1.807) is 60.0 Å². The molecule has 1 aliphatic heterocycles. The number of pyridine rings is 1. The zero-order valence-electron chi connectivity index (χ0n) is 21.5. The third kappa shape index (κ3) is 5.91. The number of aromatic nitrogens is 3. The van der Waals surface area contributed by atoms with E-state index >= 15 is 0 Å². The zero-order valence-corrected chi connectivity index (χ0v) is 21.5. The molecule has 0 fully saturated rings.